The Morgan fingerprint density at radius 2 is 1.45 bits per heavy atom. The van der Waals surface area contributed by atoms with Gasteiger partial charge in [0.25, 0.3) is 0 Å². The summed E-state index contributed by atoms with van der Waals surface area (Å²) >= 11 is 1.70. The standard InChI is InChI=1S/C23H24O3S.C2H6/c1-14-5-7-19(8-6-14)27-10-9-18-13-20(24)22(23(25)26-18)21-16(3)11-15(2)12-17(21)4;1-2/h5-8,11-13,24H,9-10H2,1-4H3;1-2H3. The van der Waals surface area contributed by atoms with E-state index >= 15 is 0 Å². The van der Waals surface area contributed by atoms with Crippen LogP contribution in [-0.2, 0) is 6.42 Å². The van der Waals surface area contributed by atoms with Gasteiger partial charge in [-0.1, -0.05) is 49.2 Å². The molecule has 0 unspecified atom stereocenters. The third-order valence-corrected chi connectivity index (χ3v) is 5.56. The molecule has 0 saturated heterocycles. The summed E-state index contributed by atoms with van der Waals surface area (Å²) in [5.74, 6) is 1.26. The summed E-state index contributed by atoms with van der Waals surface area (Å²) in [5.41, 5.74) is 4.79. The first-order valence-electron chi connectivity index (χ1n) is 9.99. The summed E-state index contributed by atoms with van der Waals surface area (Å²) in [5, 5.41) is 10.5. The zero-order valence-corrected chi connectivity index (χ0v) is 18.9. The molecule has 0 aliphatic heterocycles. The molecule has 0 aliphatic carbocycles. The second-order valence-corrected chi connectivity index (χ2v) is 8.11. The Morgan fingerprint density at radius 1 is 0.862 bits per heavy atom. The lowest BCUT2D eigenvalue weighted by atomic mass is 9.94. The van der Waals surface area contributed by atoms with Gasteiger partial charge in [0, 0.05) is 23.1 Å². The summed E-state index contributed by atoms with van der Waals surface area (Å²) in [6.45, 7) is 12.0. The van der Waals surface area contributed by atoms with Crippen molar-refractivity contribution in [1.82, 2.24) is 0 Å². The summed E-state index contributed by atoms with van der Waals surface area (Å²) in [6, 6.07) is 13.9. The number of aryl methyl sites for hydroxylation is 5. The Labute approximate surface area is 177 Å². The molecule has 0 saturated carbocycles. The second kappa shape index (κ2) is 10.4. The Kier molecular flexibility index (Phi) is 8.15. The van der Waals surface area contributed by atoms with E-state index in [9.17, 15) is 9.90 Å². The molecule has 3 rings (SSSR count). The van der Waals surface area contributed by atoms with Crippen molar-refractivity contribution in [1.29, 1.82) is 0 Å². The molecular weight excluding hydrogens is 380 g/mol. The molecule has 0 spiro atoms. The van der Waals surface area contributed by atoms with Gasteiger partial charge in [0.15, 0.2) is 0 Å². The lowest BCUT2D eigenvalue weighted by Gasteiger charge is -2.12. The van der Waals surface area contributed by atoms with Crippen molar-refractivity contribution in [3.05, 3.63) is 80.9 Å². The van der Waals surface area contributed by atoms with E-state index in [0.717, 1.165) is 28.0 Å². The smallest absolute Gasteiger partial charge is 0.347 e. The number of thioether (sulfide) groups is 1. The summed E-state index contributed by atoms with van der Waals surface area (Å²) in [6.07, 6.45) is 0.577. The van der Waals surface area contributed by atoms with Gasteiger partial charge in [0.05, 0.1) is 0 Å². The fraction of sp³-hybridized carbons (Fsp3) is 0.320. The van der Waals surface area contributed by atoms with Crippen LogP contribution in [0.1, 0.15) is 41.9 Å². The molecule has 0 amide bonds. The summed E-state index contributed by atoms with van der Waals surface area (Å²) in [4.78, 5) is 13.8. The first kappa shape index (κ1) is 22.8. The van der Waals surface area contributed by atoms with E-state index in [1.165, 1.54) is 10.5 Å². The second-order valence-electron chi connectivity index (χ2n) is 6.95. The maximum absolute atomic E-state index is 12.6. The first-order chi connectivity index (χ1) is 13.8. The molecule has 0 atom stereocenters. The van der Waals surface area contributed by atoms with E-state index in [-0.39, 0.29) is 11.3 Å². The average Bonchev–Trinajstić information content (AvgIpc) is 2.66. The molecule has 1 heterocycles. The van der Waals surface area contributed by atoms with Crippen molar-refractivity contribution in [3.8, 4) is 16.9 Å². The topological polar surface area (TPSA) is 50.4 Å². The molecule has 3 nitrogen and oxygen atoms in total. The zero-order valence-electron chi connectivity index (χ0n) is 18.1. The highest BCUT2D eigenvalue weighted by atomic mass is 32.2. The SMILES string of the molecule is CC.Cc1ccc(SCCc2cc(O)c(-c3c(C)cc(C)cc3C)c(=O)o2)cc1. The minimum absolute atomic E-state index is 0.0170. The van der Waals surface area contributed by atoms with Crippen molar-refractivity contribution in [2.45, 2.75) is 52.9 Å². The Morgan fingerprint density at radius 3 is 2.00 bits per heavy atom. The molecule has 0 radical (unpaired) electrons. The lowest BCUT2D eigenvalue weighted by molar-refractivity contribution is 0.430. The zero-order chi connectivity index (χ0) is 21.6. The predicted octanol–water partition coefficient (Wildman–Crippen LogP) is 6.61. The highest BCUT2D eigenvalue weighted by molar-refractivity contribution is 7.99. The largest absolute Gasteiger partial charge is 0.507 e. The molecule has 1 aromatic heterocycles. The van der Waals surface area contributed by atoms with Crippen LogP contribution in [0, 0.1) is 27.7 Å². The van der Waals surface area contributed by atoms with Crippen LogP contribution in [0.15, 0.2) is 56.6 Å². The van der Waals surface area contributed by atoms with Gasteiger partial charge in [-0.05, 0) is 56.5 Å². The van der Waals surface area contributed by atoms with Gasteiger partial charge in [-0.25, -0.2) is 4.79 Å². The van der Waals surface area contributed by atoms with Crippen molar-refractivity contribution >= 4 is 11.8 Å². The van der Waals surface area contributed by atoms with Gasteiger partial charge in [0.2, 0.25) is 0 Å². The van der Waals surface area contributed by atoms with Crippen LogP contribution in [0.3, 0.4) is 0 Å². The number of hydrogen-bond acceptors (Lipinski definition) is 4. The third-order valence-electron chi connectivity index (χ3n) is 4.55. The van der Waals surface area contributed by atoms with Gasteiger partial charge in [-0.15, -0.1) is 11.8 Å². The minimum atomic E-state index is -0.486. The van der Waals surface area contributed by atoms with E-state index in [1.54, 1.807) is 17.8 Å². The molecule has 2 aromatic carbocycles. The predicted molar refractivity (Wildman–Crippen MR) is 123 cm³/mol. The number of hydrogen-bond donors (Lipinski definition) is 1. The van der Waals surface area contributed by atoms with Crippen LogP contribution < -0.4 is 5.63 Å². The van der Waals surface area contributed by atoms with Gasteiger partial charge in [-0.3, -0.25) is 0 Å². The van der Waals surface area contributed by atoms with E-state index in [1.807, 2.05) is 46.8 Å². The molecule has 0 fully saturated rings. The number of aromatic hydroxyl groups is 1. The van der Waals surface area contributed by atoms with Gasteiger partial charge in [0.1, 0.15) is 17.1 Å². The monoisotopic (exact) mass is 410 g/mol. The summed E-state index contributed by atoms with van der Waals surface area (Å²) < 4.78 is 5.51. The van der Waals surface area contributed by atoms with Crippen LogP contribution in [-0.4, -0.2) is 10.9 Å². The van der Waals surface area contributed by atoms with Crippen LogP contribution in [0.5, 0.6) is 5.75 Å². The molecule has 154 valence electrons. The lowest BCUT2D eigenvalue weighted by Crippen LogP contribution is -2.08. The quantitative estimate of drug-likeness (QED) is 0.481. The number of benzene rings is 2. The van der Waals surface area contributed by atoms with E-state index in [4.69, 9.17) is 4.42 Å². The third kappa shape index (κ3) is 5.77. The highest BCUT2D eigenvalue weighted by Crippen LogP contribution is 2.33. The van der Waals surface area contributed by atoms with Crippen molar-refractivity contribution in [2.24, 2.45) is 0 Å². The fourth-order valence-corrected chi connectivity index (χ4v) is 4.23. The molecule has 4 heteroatoms. The van der Waals surface area contributed by atoms with Crippen LogP contribution in [0.4, 0.5) is 0 Å². The molecule has 29 heavy (non-hydrogen) atoms. The molecule has 0 bridgehead atoms. The van der Waals surface area contributed by atoms with E-state index in [2.05, 4.69) is 31.2 Å². The van der Waals surface area contributed by atoms with Crippen LogP contribution >= 0.6 is 11.8 Å². The van der Waals surface area contributed by atoms with Crippen molar-refractivity contribution in [3.63, 3.8) is 0 Å². The summed E-state index contributed by atoms with van der Waals surface area (Å²) in [7, 11) is 0. The molecule has 1 N–H and O–H groups in total. The minimum Gasteiger partial charge on any atom is -0.507 e. The van der Waals surface area contributed by atoms with E-state index < -0.39 is 5.63 Å². The fourth-order valence-electron chi connectivity index (χ4n) is 3.36. The van der Waals surface area contributed by atoms with Crippen LogP contribution in [0.2, 0.25) is 0 Å². The maximum Gasteiger partial charge on any atom is 0.347 e. The molecule has 0 aliphatic rings. The maximum atomic E-state index is 12.6. The Balaban J connectivity index is 0.00000145. The van der Waals surface area contributed by atoms with Crippen LogP contribution in [0.25, 0.3) is 11.1 Å². The Bertz CT molecular complexity index is 994. The van der Waals surface area contributed by atoms with Gasteiger partial charge in [-0.2, -0.15) is 0 Å². The number of rotatable bonds is 5. The van der Waals surface area contributed by atoms with Gasteiger partial charge < -0.3 is 9.52 Å². The highest BCUT2D eigenvalue weighted by Gasteiger charge is 2.17. The normalized spacial score (nSPS) is 10.4. The van der Waals surface area contributed by atoms with Crippen molar-refractivity contribution in [2.75, 3.05) is 5.75 Å². The average molecular weight is 411 g/mol. The Hall–Kier alpha value is -2.46. The first-order valence-corrected chi connectivity index (χ1v) is 11.0. The van der Waals surface area contributed by atoms with Crippen molar-refractivity contribution < 1.29 is 9.52 Å². The molecular formula is C25H30O3S. The molecule has 3 aromatic rings. The van der Waals surface area contributed by atoms with E-state index in [0.29, 0.717) is 12.2 Å². The van der Waals surface area contributed by atoms with Gasteiger partial charge >= 0.3 is 5.63 Å².